The molecule has 1 spiro atoms. The van der Waals surface area contributed by atoms with Crippen molar-refractivity contribution in [3.8, 4) is 0 Å². The number of rotatable bonds is 9. The number of esters is 1. The van der Waals surface area contributed by atoms with Gasteiger partial charge in [-0.05, 0) is 60.2 Å². The molecule has 0 unspecified atom stereocenters. The zero-order valence-corrected chi connectivity index (χ0v) is 31.2. The summed E-state index contributed by atoms with van der Waals surface area (Å²) in [4.78, 5) is 61.1. The molecule has 3 aromatic carbocycles. The summed E-state index contributed by atoms with van der Waals surface area (Å²) in [7, 11) is 1.52. The number of allylic oxidation sites excluding steroid dienone is 1. The number of unbranched alkanes of at least 4 members (excludes halogenated alkanes) is 2. The fourth-order valence-corrected chi connectivity index (χ4v) is 9.03. The van der Waals surface area contributed by atoms with E-state index in [9.17, 15) is 19.5 Å². The highest BCUT2D eigenvalue weighted by atomic mass is 79.9. The Hall–Kier alpha value is -4.36. The largest absolute Gasteiger partial charge is 0.455 e. The molecule has 3 amide bonds. The molecule has 2 saturated heterocycles. The van der Waals surface area contributed by atoms with E-state index < -0.39 is 47.7 Å². The lowest BCUT2D eigenvalue weighted by atomic mass is 9.74. The van der Waals surface area contributed by atoms with Gasteiger partial charge in [0.05, 0.1) is 18.6 Å². The Labute approximate surface area is 317 Å². The van der Waals surface area contributed by atoms with Gasteiger partial charge in [-0.3, -0.25) is 19.2 Å². The Morgan fingerprint density at radius 1 is 0.925 bits per heavy atom. The minimum Gasteiger partial charge on any atom is -0.455 e. The van der Waals surface area contributed by atoms with Gasteiger partial charge in [-0.1, -0.05) is 88.7 Å². The van der Waals surface area contributed by atoms with Gasteiger partial charge in [-0.15, -0.1) is 0 Å². The predicted octanol–water partition coefficient (Wildman–Crippen LogP) is 4.97. The molecule has 0 aromatic heterocycles. The Morgan fingerprint density at radius 2 is 1.70 bits per heavy atom. The number of fused-ring (bicyclic) bond motifs is 3. The molecule has 7 rings (SSSR count). The van der Waals surface area contributed by atoms with Gasteiger partial charge < -0.3 is 34.4 Å². The van der Waals surface area contributed by atoms with Gasteiger partial charge in [0.2, 0.25) is 11.8 Å². The molecule has 12 heteroatoms. The lowest BCUT2D eigenvalue weighted by Crippen LogP contribution is -2.56. The van der Waals surface area contributed by atoms with Gasteiger partial charge >= 0.3 is 5.97 Å². The summed E-state index contributed by atoms with van der Waals surface area (Å²) < 4.78 is 19.1. The third-order valence-corrected chi connectivity index (χ3v) is 11.4. The van der Waals surface area contributed by atoms with Crippen molar-refractivity contribution in [3.05, 3.63) is 101 Å². The van der Waals surface area contributed by atoms with Crippen LogP contribution in [-0.2, 0) is 33.4 Å². The number of methoxy groups -OCH3 is 1. The molecule has 4 aliphatic heterocycles. The van der Waals surface area contributed by atoms with E-state index in [1.165, 1.54) is 7.11 Å². The van der Waals surface area contributed by atoms with Crippen molar-refractivity contribution < 1.29 is 38.5 Å². The molecule has 0 radical (unpaired) electrons. The maximum Gasteiger partial charge on any atom is 0.313 e. The van der Waals surface area contributed by atoms with Crippen LogP contribution in [0.3, 0.4) is 0 Å². The van der Waals surface area contributed by atoms with Crippen molar-refractivity contribution in [1.82, 2.24) is 10.2 Å². The molecule has 53 heavy (non-hydrogen) atoms. The second kappa shape index (κ2) is 15.9. The molecule has 3 aromatic rings. The van der Waals surface area contributed by atoms with Crippen molar-refractivity contribution in [2.75, 3.05) is 38.3 Å². The Morgan fingerprint density at radius 3 is 2.47 bits per heavy atom. The molecular formula is C41H44BrN3O8. The third kappa shape index (κ3) is 7.05. The van der Waals surface area contributed by atoms with E-state index in [1.54, 1.807) is 15.9 Å². The summed E-state index contributed by atoms with van der Waals surface area (Å²) >= 11 is 3.64. The summed E-state index contributed by atoms with van der Waals surface area (Å²) in [5.74, 6) is -3.74. The van der Waals surface area contributed by atoms with Crippen LogP contribution in [0, 0.1) is 11.8 Å². The first-order valence-electron chi connectivity index (χ1n) is 18.2. The van der Waals surface area contributed by atoms with E-state index in [-0.39, 0.29) is 50.4 Å². The number of carbonyl (C=O) groups excluding carboxylic acids is 4. The number of carbonyl (C=O) groups is 4. The molecule has 0 saturated carbocycles. The second-order valence-corrected chi connectivity index (χ2v) is 14.9. The topological polar surface area (TPSA) is 135 Å². The van der Waals surface area contributed by atoms with Crippen molar-refractivity contribution in [3.63, 3.8) is 0 Å². The maximum atomic E-state index is 15.2. The van der Waals surface area contributed by atoms with Crippen molar-refractivity contribution in [2.45, 2.75) is 62.0 Å². The van der Waals surface area contributed by atoms with Crippen molar-refractivity contribution >= 4 is 56.1 Å². The number of cyclic esters (lactones) is 1. The molecule has 5 bridgehead atoms. The summed E-state index contributed by atoms with van der Waals surface area (Å²) in [5, 5.41) is 14.5. The van der Waals surface area contributed by atoms with Crippen molar-refractivity contribution in [1.29, 1.82) is 0 Å². The predicted molar refractivity (Wildman–Crippen MR) is 202 cm³/mol. The fourth-order valence-electron chi connectivity index (χ4n) is 8.30. The van der Waals surface area contributed by atoms with Gasteiger partial charge in [0.15, 0.2) is 0 Å². The number of benzene rings is 3. The number of hydrogen-bond acceptors (Lipinski definition) is 8. The van der Waals surface area contributed by atoms with E-state index >= 15 is 4.79 Å². The third-order valence-electron chi connectivity index (χ3n) is 10.7. The monoisotopic (exact) mass is 785 g/mol. The lowest BCUT2D eigenvalue weighted by Gasteiger charge is -2.36. The normalized spacial score (nSPS) is 29.6. The van der Waals surface area contributed by atoms with Crippen LogP contribution in [0.25, 0.3) is 10.8 Å². The number of nitrogens with zero attached hydrogens (tertiary/aromatic N) is 2. The highest BCUT2D eigenvalue weighted by Crippen LogP contribution is 2.59. The molecule has 2 N–H and O–H groups in total. The average molecular weight is 787 g/mol. The standard InChI is InChI=1S/C41H44BrN3O8/c1-51-25-31-35(27-14-5-2-6-15-27)52-40(50)33-34-38(48)45(21-11-4-12-22-46)37(41(34)24-30(42)36(33)53-41)39(49)44(20-10-3-7-17-32(47)43-31)29-19-18-26-13-8-9-16-28(26)23-29/h2-3,5-6,8-10,13-16,18-19,23-24,31,33-37,46H,4,7,11-12,17,20-22,25H2,1H3,(H,43,47)/b10-3-/t31-,33+,34-,35-,36+,37+,41-/m0/s1. The zero-order chi connectivity index (χ0) is 37.1. The number of anilines is 1. The van der Waals surface area contributed by atoms with Gasteiger partial charge in [0.25, 0.3) is 5.91 Å². The number of likely N-dealkylation sites (tertiary alicyclic amines) is 1. The van der Waals surface area contributed by atoms with Crippen LogP contribution < -0.4 is 10.2 Å². The summed E-state index contributed by atoms with van der Waals surface area (Å²) in [6.45, 7) is 0.496. The van der Waals surface area contributed by atoms with Crippen LogP contribution in [0.2, 0.25) is 0 Å². The van der Waals surface area contributed by atoms with Crippen LogP contribution in [0.5, 0.6) is 0 Å². The van der Waals surface area contributed by atoms with E-state index in [1.807, 2.05) is 84.9 Å². The first-order valence-corrected chi connectivity index (χ1v) is 19.0. The lowest BCUT2D eigenvalue weighted by molar-refractivity contribution is -0.162. The Bertz CT molecular complexity index is 1920. The summed E-state index contributed by atoms with van der Waals surface area (Å²) in [5.41, 5.74) is -0.161. The SMILES string of the molecule is COC[C@@H]1NC(=O)CC/C=C\CN(c2ccc3ccccc3c2)C(=O)[C@H]2N(CCCCCO)C(=O)[C@@H]3[C@@H](C(=O)O[C@H]1c1ccccc1)[C@@H]1O[C@@]32C=C1Br. The summed E-state index contributed by atoms with van der Waals surface area (Å²) in [6, 6.07) is 21.0. The van der Waals surface area contributed by atoms with E-state index in [0.717, 1.165) is 10.8 Å². The number of ether oxygens (including phenoxy) is 3. The van der Waals surface area contributed by atoms with Crippen molar-refractivity contribution in [2.24, 2.45) is 11.8 Å². The van der Waals surface area contributed by atoms with Crippen LogP contribution in [0.15, 0.2) is 95.5 Å². The van der Waals surface area contributed by atoms with E-state index in [2.05, 4.69) is 21.2 Å². The Balaban J connectivity index is 1.34. The summed E-state index contributed by atoms with van der Waals surface area (Å²) in [6.07, 6.45) is 6.05. The number of aliphatic hydroxyl groups excluding tert-OH is 1. The smallest absolute Gasteiger partial charge is 0.313 e. The molecule has 7 atom stereocenters. The number of hydrogen-bond donors (Lipinski definition) is 2. The van der Waals surface area contributed by atoms with Gasteiger partial charge in [0.1, 0.15) is 29.8 Å². The number of nitrogens with one attached hydrogen (secondary N) is 1. The number of amides is 3. The molecular weight excluding hydrogens is 742 g/mol. The molecule has 2 fully saturated rings. The van der Waals surface area contributed by atoms with Gasteiger partial charge in [-0.2, -0.15) is 0 Å². The first-order chi connectivity index (χ1) is 25.8. The van der Waals surface area contributed by atoms with E-state index in [4.69, 9.17) is 14.2 Å². The molecule has 278 valence electrons. The number of aliphatic hydroxyl groups is 1. The maximum absolute atomic E-state index is 15.2. The minimum absolute atomic E-state index is 0.0203. The zero-order valence-electron chi connectivity index (χ0n) is 29.6. The quantitative estimate of drug-likeness (QED) is 0.177. The molecule has 0 aliphatic carbocycles. The number of halogens is 1. The highest BCUT2D eigenvalue weighted by molar-refractivity contribution is 9.11. The van der Waals surface area contributed by atoms with E-state index in [0.29, 0.717) is 41.4 Å². The Kier molecular flexibility index (Phi) is 11.1. The fraction of sp³-hybridized carbons (Fsp3) is 0.415. The van der Waals surface area contributed by atoms with Crippen LogP contribution in [0.1, 0.15) is 43.8 Å². The molecule has 4 aliphatic rings. The molecule has 11 nitrogen and oxygen atoms in total. The first kappa shape index (κ1) is 37.0. The van der Waals surface area contributed by atoms with Gasteiger partial charge in [-0.25, -0.2) is 0 Å². The highest BCUT2D eigenvalue weighted by Gasteiger charge is 2.75. The van der Waals surface area contributed by atoms with Crippen LogP contribution >= 0.6 is 15.9 Å². The molecule has 4 heterocycles. The van der Waals surface area contributed by atoms with Crippen LogP contribution in [-0.4, -0.2) is 90.9 Å². The van der Waals surface area contributed by atoms with Gasteiger partial charge in [0, 0.05) is 43.4 Å². The minimum atomic E-state index is -1.45. The van der Waals surface area contributed by atoms with Crippen LogP contribution in [0.4, 0.5) is 5.69 Å². The average Bonchev–Trinajstić information content (AvgIpc) is 3.76. The second-order valence-electron chi connectivity index (χ2n) is 14.0.